The molecule has 2 aliphatic rings. The molecule has 1 saturated carbocycles. The fourth-order valence-electron chi connectivity index (χ4n) is 4.76. The maximum absolute atomic E-state index is 13.0. The Morgan fingerprint density at radius 1 is 1.13 bits per heavy atom. The molecule has 6 nitrogen and oxygen atoms in total. The molecular formula is C23H32NO5S-. The fraction of sp³-hybridized carbons (Fsp3) is 0.696. The molecule has 0 aliphatic heterocycles. The number of aliphatic carboxylic acids is 1. The summed E-state index contributed by atoms with van der Waals surface area (Å²) in [6.45, 7) is 8.71. The molecule has 3 atom stereocenters. The molecule has 1 heterocycles. The van der Waals surface area contributed by atoms with Gasteiger partial charge in [0.05, 0.1) is 12.2 Å². The number of fused-ring (bicyclic) bond motifs is 1. The van der Waals surface area contributed by atoms with Crippen LogP contribution >= 0.6 is 11.3 Å². The molecule has 0 radical (unpaired) electrons. The monoisotopic (exact) mass is 434 g/mol. The second kappa shape index (κ2) is 9.08. The fourth-order valence-corrected chi connectivity index (χ4v) is 6.08. The molecule has 166 valence electrons. The number of thiophene rings is 1. The van der Waals surface area contributed by atoms with Gasteiger partial charge in [0.15, 0.2) is 0 Å². The molecule has 0 unspecified atom stereocenters. The first kappa shape index (κ1) is 22.8. The Kier molecular flexibility index (Phi) is 6.90. The highest BCUT2D eigenvalue weighted by molar-refractivity contribution is 7.17. The summed E-state index contributed by atoms with van der Waals surface area (Å²) in [5, 5.41) is 14.9. The highest BCUT2D eigenvalue weighted by Gasteiger charge is 2.36. The summed E-state index contributed by atoms with van der Waals surface area (Å²) < 4.78 is 5.29. The number of amides is 1. The first-order valence-corrected chi connectivity index (χ1v) is 11.8. The Balaban J connectivity index is 1.90. The van der Waals surface area contributed by atoms with Crippen molar-refractivity contribution in [1.29, 1.82) is 0 Å². The van der Waals surface area contributed by atoms with E-state index in [1.165, 1.54) is 11.3 Å². The first-order chi connectivity index (χ1) is 14.1. The SMILES string of the molecule is CCOC(=O)c1c(NC(=O)[C@H]2CCCC[C@@H]2C(=O)[O-])sc2c1CC[C@@H](C(C)(C)C)C2. The zero-order chi connectivity index (χ0) is 22.1. The van der Waals surface area contributed by atoms with Crippen LogP contribution in [0.3, 0.4) is 0 Å². The summed E-state index contributed by atoms with van der Waals surface area (Å²) in [7, 11) is 0. The smallest absolute Gasteiger partial charge is 0.341 e. The minimum atomic E-state index is -1.17. The van der Waals surface area contributed by atoms with Crippen molar-refractivity contribution in [3.05, 3.63) is 16.0 Å². The second-order valence-corrected chi connectivity index (χ2v) is 10.6. The Labute approximate surface area is 182 Å². The molecule has 1 fully saturated rings. The van der Waals surface area contributed by atoms with Crippen molar-refractivity contribution >= 4 is 34.2 Å². The van der Waals surface area contributed by atoms with Gasteiger partial charge in [0.25, 0.3) is 0 Å². The highest BCUT2D eigenvalue weighted by atomic mass is 32.1. The average molecular weight is 435 g/mol. The molecule has 2 aliphatic carbocycles. The molecule has 0 bridgehead atoms. The van der Waals surface area contributed by atoms with Crippen molar-refractivity contribution in [3.8, 4) is 0 Å². The predicted octanol–water partition coefficient (Wildman–Crippen LogP) is 3.57. The first-order valence-electron chi connectivity index (χ1n) is 11.0. The lowest BCUT2D eigenvalue weighted by molar-refractivity contribution is -0.313. The van der Waals surface area contributed by atoms with E-state index in [0.717, 1.165) is 42.5 Å². The third-order valence-corrected chi connectivity index (χ3v) is 7.78. The van der Waals surface area contributed by atoms with E-state index in [1.54, 1.807) is 6.92 Å². The Morgan fingerprint density at radius 3 is 2.40 bits per heavy atom. The normalized spacial score (nSPS) is 24.1. The molecule has 1 N–H and O–H groups in total. The van der Waals surface area contributed by atoms with Gasteiger partial charge in [0, 0.05) is 22.7 Å². The standard InChI is InChI=1S/C23H33NO5S/c1-5-29-22(28)18-16-11-10-13(23(2,3)4)12-17(16)30-20(18)24-19(25)14-8-6-7-9-15(14)21(26)27/h13-15H,5-12H2,1-4H3,(H,24,25)(H,26,27)/p-1/t13-,14+,15+/m1/s1. The van der Waals surface area contributed by atoms with E-state index in [9.17, 15) is 19.5 Å². The van der Waals surface area contributed by atoms with E-state index in [4.69, 9.17) is 4.74 Å². The molecular weight excluding hydrogens is 402 g/mol. The third-order valence-electron chi connectivity index (χ3n) is 6.61. The third kappa shape index (κ3) is 4.71. The maximum Gasteiger partial charge on any atom is 0.341 e. The maximum atomic E-state index is 13.0. The number of nitrogens with one attached hydrogen (secondary N) is 1. The van der Waals surface area contributed by atoms with Gasteiger partial charge in [-0.2, -0.15) is 0 Å². The number of carboxylic acids is 1. The average Bonchev–Trinajstić information content (AvgIpc) is 3.04. The van der Waals surface area contributed by atoms with Crippen LogP contribution in [0.25, 0.3) is 0 Å². The van der Waals surface area contributed by atoms with E-state index in [2.05, 4.69) is 26.1 Å². The van der Waals surface area contributed by atoms with Crippen molar-refractivity contribution in [1.82, 2.24) is 0 Å². The molecule has 1 amide bonds. The van der Waals surface area contributed by atoms with Crippen molar-refractivity contribution in [2.45, 2.75) is 72.6 Å². The Hall–Kier alpha value is -1.89. The van der Waals surface area contributed by atoms with Gasteiger partial charge in [-0.25, -0.2) is 4.79 Å². The molecule has 1 aromatic rings. The van der Waals surface area contributed by atoms with E-state index in [1.807, 2.05) is 0 Å². The van der Waals surface area contributed by atoms with Crippen molar-refractivity contribution in [2.24, 2.45) is 23.2 Å². The van der Waals surface area contributed by atoms with Crippen LogP contribution in [0.5, 0.6) is 0 Å². The van der Waals surface area contributed by atoms with E-state index < -0.39 is 23.8 Å². The van der Waals surface area contributed by atoms with E-state index in [0.29, 0.717) is 29.3 Å². The van der Waals surface area contributed by atoms with Gasteiger partial charge >= 0.3 is 5.97 Å². The van der Waals surface area contributed by atoms with Crippen LogP contribution in [0.15, 0.2) is 0 Å². The Morgan fingerprint density at radius 2 is 1.80 bits per heavy atom. The number of carbonyl (C=O) groups is 3. The number of esters is 1. The van der Waals surface area contributed by atoms with Crippen molar-refractivity contribution in [3.63, 3.8) is 0 Å². The van der Waals surface area contributed by atoms with Crippen LogP contribution < -0.4 is 10.4 Å². The van der Waals surface area contributed by atoms with Crippen LogP contribution in [0, 0.1) is 23.2 Å². The van der Waals surface area contributed by atoms with Crippen LogP contribution in [-0.4, -0.2) is 24.5 Å². The predicted molar refractivity (Wildman–Crippen MR) is 114 cm³/mol. The summed E-state index contributed by atoms with van der Waals surface area (Å²) in [6, 6.07) is 0. The van der Waals surface area contributed by atoms with Gasteiger partial charge in [0.2, 0.25) is 5.91 Å². The zero-order valence-corrected chi connectivity index (χ0v) is 19.2. The second-order valence-electron chi connectivity index (χ2n) is 9.54. The van der Waals surface area contributed by atoms with Gasteiger partial charge in [-0.05, 0) is 55.9 Å². The number of hydrogen-bond donors (Lipinski definition) is 1. The van der Waals surface area contributed by atoms with Crippen LogP contribution in [-0.2, 0) is 27.2 Å². The molecule has 0 aromatic carbocycles. The van der Waals surface area contributed by atoms with Crippen LogP contribution in [0.2, 0.25) is 0 Å². The molecule has 3 rings (SSSR count). The number of ether oxygens (including phenoxy) is 1. The number of carbonyl (C=O) groups excluding carboxylic acids is 3. The van der Waals surface area contributed by atoms with Crippen LogP contribution in [0.1, 0.15) is 80.6 Å². The van der Waals surface area contributed by atoms with Gasteiger partial charge < -0.3 is 20.0 Å². The lowest BCUT2D eigenvalue weighted by atomic mass is 9.72. The number of hydrogen-bond acceptors (Lipinski definition) is 6. The molecule has 0 spiro atoms. The largest absolute Gasteiger partial charge is 0.550 e. The van der Waals surface area contributed by atoms with Gasteiger partial charge in [-0.15, -0.1) is 11.3 Å². The molecule has 1 aromatic heterocycles. The van der Waals surface area contributed by atoms with E-state index in [-0.39, 0.29) is 17.9 Å². The molecule has 30 heavy (non-hydrogen) atoms. The van der Waals surface area contributed by atoms with Crippen LogP contribution in [0.4, 0.5) is 5.00 Å². The summed E-state index contributed by atoms with van der Waals surface area (Å²) in [6.07, 6.45) is 5.23. The zero-order valence-electron chi connectivity index (χ0n) is 18.3. The summed E-state index contributed by atoms with van der Waals surface area (Å²) in [5.74, 6) is -2.81. The number of rotatable bonds is 5. The minimum Gasteiger partial charge on any atom is -0.550 e. The number of anilines is 1. The lowest BCUT2D eigenvalue weighted by Crippen LogP contribution is -2.42. The van der Waals surface area contributed by atoms with Gasteiger partial charge in [-0.3, -0.25) is 4.79 Å². The summed E-state index contributed by atoms with van der Waals surface area (Å²) >= 11 is 1.44. The molecule has 7 heteroatoms. The van der Waals surface area contributed by atoms with Crippen molar-refractivity contribution in [2.75, 3.05) is 11.9 Å². The van der Waals surface area contributed by atoms with Gasteiger partial charge in [0.1, 0.15) is 5.00 Å². The number of carboxylic acid groups (broad SMARTS) is 1. The topological polar surface area (TPSA) is 95.5 Å². The summed E-state index contributed by atoms with van der Waals surface area (Å²) in [5.41, 5.74) is 1.60. The van der Waals surface area contributed by atoms with Crippen molar-refractivity contribution < 1.29 is 24.2 Å². The van der Waals surface area contributed by atoms with E-state index >= 15 is 0 Å². The minimum absolute atomic E-state index is 0.166. The Bertz CT molecular complexity index is 822. The quantitative estimate of drug-likeness (QED) is 0.715. The lowest BCUT2D eigenvalue weighted by Gasteiger charge is -2.33. The molecule has 0 saturated heterocycles. The van der Waals surface area contributed by atoms with Gasteiger partial charge in [-0.1, -0.05) is 33.6 Å². The highest BCUT2D eigenvalue weighted by Crippen LogP contribution is 2.45. The summed E-state index contributed by atoms with van der Waals surface area (Å²) in [4.78, 5) is 38.4.